The molecule has 9 nitrogen and oxygen atoms in total. The molecular formula is C19H29N5O4. The standard InChI is InChI=1S/C19H29N5O4/c1-10(2)18(5,16(20)27)23-14(25)12-8-7-9-13(22-12)15(26)24-19(6,11(3)4)17(21)28/h7-11H,1-6H3,(H2,20,27)(H2,21,28)(H,23,25)(H,24,26)/t18-,19+. The fourth-order valence-electron chi connectivity index (χ4n) is 2.27. The predicted octanol–water partition coefficient (Wildman–Crippen LogP) is 0.341. The van der Waals surface area contributed by atoms with Crippen LogP contribution in [-0.2, 0) is 9.59 Å². The van der Waals surface area contributed by atoms with Crippen LogP contribution >= 0.6 is 0 Å². The van der Waals surface area contributed by atoms with Gasteiger partial charge in [-0.15, -0.1) is 0 Å². The first-order valence-electron chi connectivity index (χ1n) is 8.97. The molecule has 0 radical (unpaired) electrons. The lowest BCUT2D eigenvalue weighted by atomic mass is 9.87. The molecule has 1 rings (SSSR count). The molecule has 28 heavy (non-hydrogen) atoms. The van der Waals surface area contributed by atoms with E-state index in [-0.39, 0.29) is 23.2 Å². The van der Waals surface area contributed by atoms with Gasteiger partial charge < -0.3 is 22.1 Å². The summed E-state index contributed by atoms with van der Waals surface area (Å²) in [6.07, 6.45) is 0. The molecule has 1 aromatic rings. The Morgan fingerprint density at radius 2 is 1.14 bits per heavy atom. The number of nitrogens with zero attached hydrogens (tertiary/aromatic N) is 1. The van der Waals surface area contributed by atoms with Gasteiger partial charge >= 0.3 is 0 Å². The Bertz CT molecular complexity index is 731. The van der Waals surface area contributed by atoms with E-state index in [0.717, 1.165) is 0 Å². The molecule has 9 heteroatoms. The second kappa shape index (κ2) is 8.37. The van der Waals surface area contributed by atoms with Crippen molar-refractivity contribution in [3.63, 3.8) is 0 Å². The third-order valence-electron chi connectivity index (χ3n) is 5.29. The van der Waals surface area contributed by atoms with Gasteiger partial charge in [-0.25, -0.2) is 4.98 Å². The zero-order chi connectivity index (χ0) is 21.9. The number of amides is 4. The Hall–Kier alpha value is -2.97. The highest BCUT2D eigenvalue weighted by Crippen LogP contribution is 2.18. The zero-order valence-electron chi connectivity index (χ0n) is 17.1. The molecular weight excluding hydrogens is 362 g/mol. The van der Waals surface area contributed by atoms with Crippen LogP contribution in [0.1, 0.15) is 62.5 Å². The summed E-state index contributed by atoms with van der Waals surface area (Å²) < 4.78 is 0. The maximum Gasteiger partial charge on any atom is 0.270 e. The predicted molar refractivity (Wildman–Crippen MR) is 104 cm³/mol. The van der Waals surface area contributed by atoms with Gasteiger partial charge in [0, 0.05) is 0 Å². The van der Waals surface area contributed by atoms with Crippen molar-refractivity contribution in [3.05, 3.63) is 29.6 Å². The zero-order valence-corrected chi connectivity index (χ0v) is 17.1. The summed E-state index contributed by atoms with van der Waals surface area (Å²) >= 11 is 0. The maximum absolute atomic E-state index is 12.6. The quantitative estimate of drug-likeness (QED) is 0.502. The van der Waals surface area contributed by atoms with Crippen LogP contribution in [0.2, 0.25) is 0 Å². The number of primary amides is 2. The third-order valence-corrected chi connectivity index (χ3v) is 5.29. The molecule has 0 fully saturated rings. The Morgan fingerprint density at radius 3 is 1.39 bits per heavy atom. The van der Waals surface area contributed by atoms with E-state index in [1.54, 1.807) is 27.7 Å². The number of carbonyl (C=O) groups excluding carboxylic acids is 4. The summed E-state index contributed by atoms with van der Waals surface area (Å²) in [7, 11) is 0. The second-order valence-corrected chi connectivity index (χ2v) is 7.76. The van der Waals surface area contributed by atoms with Gasteiger partial charge in [-0.2, -0.15) is 0 Å². The molecule has 0 bridgehead atoms. The largest absolute Gasteiger partial charge is 0.368 e. The SMILES string of the molecule is CC(C)[C@@](C)(NC(=O)c1cccc(C(=O)N[C@](C)(C(N)=O)C(C)C)n1)C(N)=O. The average molecular weight is 391 g/mol. The van der Waals surface area contributed by atoms with E-state index in [1.807, 2.05) is 0 Å². The van der Waals surface area contributed by atoms with E-state index in [0.29, 0.717) is 0 Å². The minimum Gasteiger partial charge on any atom is -0.368 e. The topological polar surface area (TPSA) is 157 Å². The molecule has 154 valence electrons. The smallest absolute Gasteiger partial charge is 0.270 e. The normalized spacial score (nSPS) is 15.4. The van der Waals surface area contributed by atoms with Crippen LogP contribution in [0.3, 0.4) is 0 Å². The van der Waals surface area contributed by atoms with Crippen molar-refractivity contribution in [2.24, 2.45) is 23.3 Å². The Balaban J connectivity index is 3.12. The molecule has 0 aliphatic rings. The van der Waals surface area contributed by atoms with E-state index in [9.17, 15) is 19.2 Å². The molecule has 0 saturated carbocycles. The molecule has 0 aromatic carbocycles. The summed E-state index contributed by atoms with van der Waals surface area (Å²) in [6.45, 7) is 10.0. The van der Waals surface area contributed by atoms with E-state index in [4.69, 9.17) is 11.5 Å². The number of carbonyl (C=O) groups is 4. The molecule has 1 heterocycles. The van der Waals surface area contributed by atoms with Gasteiger partial charge in [0.05, 0.1) is 0 Å². The van der Waals surface area contributed by atoms with Gasteiger partial charge in [0.25, 0.3) is 11.8 Å². The molecule has 0 aliphatic heterocycles. The molecule has 1 aromatic heterocycles. The number of nitrogens with one attached hydrogen (secondary N) is 2. The number of nitrogens with two attached hydrogens (primary N) is 2. The summed E-state index contributed by atoms with van der Waals surface area (Å²) in [6, 6.07) is 4.29. The summed E-state index contributed by atoms with van der Waals surface area (Å²) in [5.41, 5.74) is 8.16. The number of hydrogen-bond acceptors (Lipinski definition) is 5. The molecule has 4 amide bonds. The lowest BCUT2D eigenvalue weighted by Crippen LogP contribution is -2.59. The van der Waals surface area contributed by atoms with Crippen molar-refractivity contribution in [1.82, 2.24) is 15.6 Å². The van der Waals surface area contributed by atoms with Gasteiger partial charge in [-0.1, -0.05) is 33.8 Å². The lowest BCUT2D eigenvalue weighted by molar-refractivity contribution is -0.125. The number of hydrogen-bond donors (Lipinski definition) is 4. The van der Waals surface area contributed by atoms with Crippen molar-refractivity contribution >= 4 is 23.6 Å². The summed E-state index contributed by atoms with van der Waals surface area (Å²) in [5.74, 6) is -3.18. The van der Waals surface area contributed by atoms with Crippen LogP contribution < -0.4 is 22.1 Å². The number of aromatic nitrogens is 1. The van der Waals surface area contributed by atoms with Crippen LogP contribution in [0.5, 0.6) is 0 Å². The van der Waals surface area contributed by atoms with Crippen molar-refractivity contribution in [3.8, 4) is 0 Å². The van der Waals surface area contributed by atoms with Gasteiger partial charge in [-0.3, -0.25) is 19.2 Å². The lowest BCUT2D eigenvalue weighted by Gasteiger charge is -2.31. The first-order valence-corrected chi connectivity index (χ1v) is 8.97. The van der Waals surface area contributed by atoms with Crippen LogP contribution in [0.15, 0.2) is 18.2 Å². The van der Waals surface area contributed by atoms with Gasteiger partial charge in [-0.05, 0) is 37.8 Å². The van der Waals surface area contributed by atoms with Gasteiger partial charge in [0.15, 0.2) is 0 Å². The van der Waals surface area contributed by atoms with E-state index in [2.05, 4.69) is 15.6 Å². The molecule has 2 atom stereocenters. The maximum atomic E-state index is 12.6. The molecule has 0 unspecified atom stereocenters. The van der Waals surface area contributed by atoms with Crippen LogP contribution in [0, 0.1) is 11.8 Å². The molecule has 0 spiro atoms. The molecule has 6 N–H and O–H groups in total. The van der Waals surface area contributed by atoms with Crippen molar-refractivity contribution in [1.29, 1.82) is 0 Å². The van der Waals surface area contributed by atoms with Crippen molar-refractivity contribution in [2.45, 2.75) is 52.6 Å². The van der Waals surface area contributed by atoms with Gasteiger partial charge in [0.2, 0.25) is 11.8 Å². The van der Waals surface area contributed by atoms with Crippen molar-refractivity contribution < 1.29 is 19.2 Å². The Labute approximate surface area is 164 Å². The van der Waals surface area contributed by atoms with E-state index in [1.165, 1.54) is 32.0 Å². The van der Waals surface area contributed by atoms with Crippen LogP contribution in [0.25, 0.3) is 0 Å². The fraction of sp³-hybridized carbons (Fsp3) is 0.526. The highest BCUT2D eigenvalue weighted by molar-refractivity contribution is 6.00. The van der Waals surface area contributed by atoms with E-state index < -0.39 is 34.7 Å². The van der Waals surface area contributed by atoms with Crippen molar-refractivity contribution in [2.75, 3.05) is 0 Å². The van der Waals surface area contributed by atoms with Crippen LogP contribution in [-0.4, -0.2) is 39.7 Å². The van der Waals surface area contributed by atoms with Crippen LogP contribution in [0.4, 0.5) is 0 Å². The number of pyridine rings is 1. The summed E-state index contributed by atoms with van der Waals surface area (Å²) in [4.78, 5) is 52.7. The Kier molecular flexibility index (Phi) is 6.89. The summed E-state index contributed by atoms with van der Waals surface area (Å²) in [5, 5.41) is 5.16. The minimum absolute atomic E-state index is 0.0638. The molecule has 0 aliphatic carbocycles. The highest BCUT2D eigenvalue weighted by atomic mass is 16.2. The third kappa shape index (κ3) is 4.65. The fourth-order valence-corrected chi connectivity index (χ4v) is 2.27. The molecule has 0 saturated heterocycles. The number of rotatable bonds is 8. The first kappa shape index (κ1) is 23.1. The minimum atomic E-state index is -1.28. The average Bonchev–Trinajstić information content (AvgIpc) is 2.60. The van der Waals surface area contributed by atoms with E-state index >= 15 is 0 Å². The first-order chi connectivity index (χ1) is 12.8. The monoisotopic (exact) mass is 391 g/mol. The Morgan fingerprint density at radius 1 is 0.821 bits per heavy atom. The van der Waals surface area contributed by atoms with Gasteiger partial charge in [0.1, 0.15) is 22.5 Å². The highest BCUT2D eigenvalue weighted by Gasteiger charge is 2.38. The second-order valence-electron chi connectivity index (χ2n) is 7.76.